The van der Waals surface area contributed by atoms with Crippen LogP contribution in [0, 0.1) is 11.7 Å². The summed E-state index contributed by atoms with van der Waals surface area (Å²) < 4.78 is 48.1. The number of benzene rings is 2. The standard InChI is InChI=1S/C29H35FN4O5S/c1-20-16-34(21(2)19-35)29(36)15-23-14-25(32-40(37,38)26-7-4-24(30)5-8-26)6-9-27(23)39-28(20)18-33(3)17-22-10-12-31-13-11-22/h4-14,20-21,28,32,35H,15-19H2,1-3H3/t20-,21+,28+/m0/s1. The van der Waals surface area contributed by atoms with Crippen molar-refractivity contribution in [2.75, 3.05) is 31.5 Å². The van der Waals surface area contributed by atoms with E-state index in [2.05, 4.69) is 14.6 Å². The lowest BCUT2D eigenvalue weighted by Gasteiger charge is -2.34. The fraction of sp³-hybridized carbons (Fsp3) is 0.379. The minimum atomic E-state index is -3.98. The van der Waals surface area contributed by atoms with Crippen LogP contribution in [0.15, 0.2) is 71.9 Å². The van der Waals surface area contributed by atoms with Crippen molar-refractivity contribution in [1.82, 2.24) is 14.8 Å². The normalized spacial score (nSPS) is 18.8. The Balaban J connectivity index is 1.63. The Morgan fingerprint density at radius 2 is 1.88 bits per heavy atom. The number of carbonyl (C=O) groups is 1. The second kappa shape index (κ2) is 12.8. The molecule has 2 aromatic carbocycles. The maximum Gasteiger partial charge on any atom is 0.261 e. The van der Waals surface area contributed by atoms with E-state index in [1.807, 2.05) is 26.1 Å². The van der Waals surface area contributed by atoms with Crippen molar-refractivity contribution in [3.8, 4) is 5.75 Å². The Kier molecular flexibility index (Phi) is 9.39. The lowest BCUT2D eigenvalue weighted by molar-refractivity contribution is -0.134. The number of hydrogen-bond acceptors (Lipinski definition) is 7. The van der Waals surface area contributed by atoms with Gasteiger partial charge in [-0.25, -0.2) is 12.8 Å². The van der Waals surface area contributed by atoms with Crippen molar-refractivity contribution >= 4 is 21.6 Å². The number of anilines is 1. The Bertz CT molecular complexity index is 1410. The number of nitrogens with one attached hydrogen (secondary N) is 1. The molecule has 0 fully saturated rings. The van der Waals surface area contributed by atoms with Crippen LogP contribution in [-0.2, 0) is 27.8 Å². The maximum atomic E-state index is 13.4. The lowest BCUT2D eigenvalue weighted by Crippen LogP contribution is -2.47. The van der Waals surface area contributed by atoms with Gasteiger partial charge < -0.3 is 14.7 Å². The predicted octanol–water partition coefficient (Wildman–Crippen LogP) is 3.30. The Hall–Kier alpha value is -3.54. The van der Waals surface area contributed by atoms with Gasteiger partial charge >= 0.3 is 0 Å². The van der Waals surface area contributed by atoms with Crippen LogP contribution >= 0.6 is 0 Å². The van der Waals surface area contributed by atoms with Gasteiger partial charge in [-0.05, 0) is 74.1 Å². The number of sulfonamides is 1. The minimum Gasteiger partial charge on any atom is -0.488 e. The average molecular weight is 571 g/mol. The fourth-order valence-corrected chi connectivity index (χ4v) is 5.76. The monoisotopic (exact) mass is 570 g/mol. The van der Waals surface area contributed by atoms with E-state index >= 15 is 0 Å². The number of nitrogens with zero attached hydrogens (tertiary/aromatic N) is 3. The third kappa shape index (κ3) is 7.35. The third-order valence-electron chi connectivity index (χ3n) is 6.99. The van der Waals surface area contributed by atoms with Gasteiger partial charge in [-0.3, -0.25) is 19.4 Å². The number of ether oxygens (including phenoxy) is 1. The molecule has 3 atom stereocenters. The predicted molar refractivity (Wildman–Crippen MR) is 150 cm³/mol. The van der Waals surface area contributed by atoms with Gasteiger partial charge in [0.25, 0.3) is 10.0 Å². The van der Waals surface area contributed by atoms with E-state index in [1.54, 1.807) is 42.4 Å². The van der Waals surface area contributed by atoms with Crippen LogP contribution in [0.1, 0.15) is 25.0 Å². The molecule has 214 valence electrons. The number of pyridine rings is 1. The summed E-state index contributed by atoms with van der Waals surface area (Å²) in [5.74, 6) is -0.308. The van der Waals surface area contributed by atoms with E-state index in [-0.39, 0.29) is 41.5 Å². The maximum absolute atomic E-state index is 13.4. The molecule has 0 saturated carbocycles. The summed E-state index contributed by atoms with van der Waals surface area (Å²) in [6, 6.07) is 12.9. The lowest BCUT2D eigenvalue weighted by atomic mass is 10.0. The van der Waals surface area contributed by atoms with Crippen LogP contribution in [0.2, 0.25) is 0 Å². The van der Waals surface area contributed by atoms with Crippen LogP contribution in [0.4, 0.5) is 10.1 Å². The highest BCUT2D eigenvalue weighted by Gasteiger charge is 2.31. The van der Waals surface area contributed by atoms with E-state index in [9.17, 15) is 22.7 Å². The van der Waals surface area contributed by atoms with Crippen LogP contribution < -0.4 is 9.46 Å². The van der Waals surface area contributed by atoms with Gasteiger partial charge in [-0.1, -0.05) is 6.92 Å². The minimum absolute atomic E-state index is 0.0297. The highest BCUT2D eigenvalue weighted by atomic mass is 32.2. The molecule has 1 aromatic heterocycles. The van der Waals surface area contributed by atoms with Gasteiger partial charge in [0.2, 0.25) is 5.91 Å². The van der Waals surface area contributed by atoms with Gasteiger partial charge in [0.15, 0.2) is 0 Å². The van der Waals surface area contributed by atoms with Gasteiger partial charge in [-0.15, -0.1) is 0 Å². The molecule has 2 heterocycles. The van der Waals surface area contributed by atoms with Crippen molar-refractivity contribution < 1.29 is 27.4 Å². The first-order valence-electron chi connectivity index (χ1n) is 13.1. The SMILES string of the molecule is C[C@H](CO)N1C[C@H](C)[C@@H](CN(C)Cc2ccncc2)Oc2ccc(NS(=O)(=O)c3ccc(F)cc3)cc2CC1=O. The quantitative estimate of drug-likeness (QED) is 0.406. The number of aromatic nitrogens is 1. The second-order valence-electron chi connectivity index (χ2n) is 10.3. The number of fused-ring (bicyclic) bond motifs is 1. The smallest absolute Gasteiger partial charge is 0.261 e. The summed E-state index contributed by atoms with van der Waals surface area (Å²) in [5.41, 5.74) is 1.88. The zero-order chi connectivity index (χ0) is 28.9. The zero-order valence-electron chi connectivity index (χ0n) is 22.8. The van der Waals surface area contributed by atoms with Crippen LogP contribution in [0.25, 0.3) is 0 Å². The first-order chi connectivity index (χ1) is 19.1. The summed E-state index contributed by atoms with van der Waals surface area (Å²) in [4.78, 5) is 21.2. The first-order valence-corrected chi connectivity index (χ1v) is 14.6. The van der Waals surface area contributed by atoms with Crippen LogP contribution in [0.3, 0.4) is 0 Å². The molecule has 0 spiro atoms. The van der Waals surface area contributed by atoms with Crippen LogP contribution in [0.5, 0.6) is 5.75 Å². The largest absolute Gasteiger partial charge is 0.488 e. The molecule has 3 aromatic rings. The van der Waals surface area contributed by atoms with Crippen molar-refractivity contribution in [2.24, 2.45) is 5.92 Å². The number of amides is 1. The Morgan fingerprint density at radius 3 is 2.55 bits per heavy atom. The van der Waals surface area contributed by atoms with E-state index in [0.29, 0.717) is 30.9 Å². The van der Waals surface area contributed by atoms with Crippen molar-refractivity contribution in [2.45, 2.75) is 43.9 Å². The molecule has 1 aliphatic heterocycles. The van der Waals surface area contributed by atoms with Gasteiger partial charge in [-0.2, -0.15) is 0 Å². The summed E-state index contributed by atoms with van der Waals surface area (Å²) in [6.45, 7) is 5.27. The summed E-state index contributed by atoms with van der Waals surface area (Å²) >= 11 is 0. The summed E-state index contributed by atoms with van der Waals surface area (Å²) in [7, 11) is -1.99. The number of rotatable bonds is 9. The molecule has 40 heavy (non-hydrogen) atoms. The zero-order valence-corrected chi connectivity index (χ0v) is 23.6. The van der Waals surface area contributed by atoms with Crippen molar-refractivity contribution in [3.63, 3.8) is 0 Å². The summed E-state index contributed by atoms with van der Waals surface area (Å²) in [6.07, 6.45) is 3.17. The third-order valence-corrected chi connectivity index (χ3v) is 8.38. The molecule has 0 radical (unpaired) electrons. The Morgan fingerprint density at radius 1 is 1.18 bits per heavy atom. The molecular weight excluding hydrogens is 535 g/mol. The van der Waals surface area contributed by atoms with Gasteiger partial charge in [0, 0.05) is 49.2 Å². The second-order valence-corrected chi connectivity index (χ2v) is 12.0. The Labute approximate surface area is 234 Å². The summed E-state index contributed by atoms with van der Waals surface area (Å²) in [5, 5.41) is 9.85. The highest BCUT2D eigenvalue weighted by Crippen LogP contribution is 2.30. The number of halogens is 1. The molecule has 1 aliphatic rings. The molecule has 4 rings (SSSR count). The van der Waals surface area contributed by atoms with E-state index in [1.165, 1.54) is 12.1 Å². The van der Waals surface area contributed by atoms with Crippen LogP contribution in [-0.4, -0.2) is 73.1 Å². The highest BCUT2D eigenvalue weighted by molar-refractivity contribution is 7.92. The molecule has 1 amide bonds. The van der Waals surface area contributed by atoms with Gasteiger partial charge in [0.05, 0.1) is 24.0 Å². The number of aliphatic hydroxyl groups is 1. The number of aliphatic hydroxyl groups excluding tert-OH is 1. The van der Waals surface area contributed by atoms with E-state index in [0.717, 1.165) is 17.7 Å². The average Bonchev–Trinajstić information content (AvgIpc) is 2.96. The van der Waals surface area contributed by atoms with Crippen molar-refractivity contribution in [1.29, 1.82) is 0 Å². The first kappa shape index (κ1) is 29.4. The molecular formula is C29H35FN4O5S. The fourth-order valence-electron chi connectivity index (χ4n) is 4.71. The molecule has 0 unspecified atom stereocenters. The topological polar surface area (TPSA) is 112 Å². The molecule has 11 heteroatoms. The van der Waals surface area contributed by atoms with E-state index < -0.39 is 21.9 Å². The molecule has 0 bridgehead atoms. The van der Waals surface area contributed by atoms with E-state index in [4.69, 9.17) is 4.74 Å². The number of carbonyl (C=O) groups excluding carboxylic acids is 1. The molecule has 2 N–H and O–H groups in total. The number of likely N-dealkylation sites (N-methyl/N-ethyl adjacent to an activating group) is 1. The van der Waals surface area contributed by atoms with Crippen molar-refractivity contribution in [3.05, 3.63) is 83.9 Å². The number of hydrogen-bond donors (Lipinski definition) is 2. The molecule has 0 aliphatic carbocycles. The molecule has 9 nitrogen and oxygen atoms in total. The molecule has 0 saturated heterocycles. The van der Waals surface area contributed by atoms with Gasteiger partial charge in [0.1, 0.15) is 17.7 Å².